The lowest BCUT2D eigenvalue weighted by Gasteiger charge is -2.37. The second-order valence-corrected chi connectivity index (χ2v) is 7.81. The van der Waals surface area contributed by atoms with Gasteiger partial charge in [-0.25, -0.2) is 13.2 Å². The summed E-state index contributed by atoms with van der Waals surface area (Å²) < 4.78 is 32.2. The molecule has 2 fully saturated rings. The van der Waals surface area contributed by atoms with Crippen LogP contribution < -0.4 is 4.90 Å². The Morgan fingerprint density at radius 2 is 2.04 bits per heavy atom. The van der Waals surface area contributed by atoms with E-state index in [2.05, 4.69) is 14.8 Å². The molecule has 11 heteroatoms. The van der Waals surface area contributed by atoms with Gasteiger partial charge in [0.2, 0.25) is 10.0 Å². The fraction of sp³-hybridized carbons (Fsp3) is 0.462. The highest BCUT2D eigenvalue weighted by Crippen LogP contribution is 2.29. The highest BCUT2D eigenvalue weighted by molar-refractivity contribution is 7.89. The molecular weight excluding hydrogens is 336 g/mol. The molecular formula is C13H16N6O4S. The molecule has 0 aromatic carbocycles. The maximum Gasteiger partial charge on any atom is 0.324 e. The number of urea groups is 1. The van der Waals surface area contributed by atoms with Crippen molar-refractivity contribution in [2.75, 3.05) is 38.1 Å². The second-order valence-electron chi connectivity index (χ2n) is 5.87. The maximum absolute atomic E-state index is 12.3. The highest BCUT2D eigenvalue weighted by atomic mass is 32.2. The Balaban J connectivity index is 1.44. The number of carbonyl (C=O) groups excluding carboxylic acids is 1. The van der Waals surface area contributed by atoms with Gasteiger partial charge in [-0.1, -0.05) is 5.16 Å². The number of carbonyl (C=O) groups is 1. The molecule has 0 aliphatic carbocycles. The SMILES string of the molecule is CN1CCN(c2cnn(C3CN(S(=O)(=O)c4cnoc4)C3)c2)C1=O. The monoisotopic (exact) mass is 352 g/mol. The number of likely N-dealkylation sites (N-methyl/N-ethyl adjacent to an activating group) is 1. The summed E-state index contributed by atoms with van der Waals surface area (Å²) in [5.41, 5.74) is 0.727. The van der Waals surface area contributed by atoms with Crippen LogP contribution in [-0.4, -0.2) is 71.8 Å². The van der Waals surface area contributed by atoms with Crippen molar-refractivity contribution < 1.29 is 17.7 Å². The van der Waals surface area contributed by atoms with Crippen LogP contribution in [0.25, 0.3) is 0 Å². The third kappa shape index (κ3) is 2.27. The van der Waals surface area contributed by atoms with Crippen molar-refractivity contribution >= 4 is 21.7 Å². The molecule has 128 valence electrons. The predicted octanol–water partition coefficient (Wildman–Crippen LogP) is -0.0115. The number of rotatable bonds is 4. The lowest BCUT2D eigenvalue weighted by Crippen LogP contribution is -2.50. The molecule has 2 aliphatic heterocycles. The Hall–Kier alpha value is -2.40. The van der Waals surface area contributed by atoms with Crippen LogP contribution in [0.2, 0.25) is 0 Å². The van der Waals surface area contributed by atoms with Crippen molar-refractivity contribution in [3.8, 4) is 0 Å². The minimum atomic E-state index is -3.56. The van der Waals surface area contributed by atoms with Crippen molar-refractivity contribution in [1.82, 2.24) is 24.1 Å². The van der Waals surface area contributed by atoms with Crippen molar-refractivity contribution in [3.63, 3.8) is 0 Å². The van der Waals surface area contributed by atoms with Crippen LogP contribution in [0.5, 0.6) is 0 Å². The summed E-state index contributed by atoms with van der Waals surface area (Å²) in [6.45, 7) is 1.95. The highest BCUT2D eigenvalue weighted by Gasteiger charge is 2.39. The maximum atomic E-state index is 12.3. The zero-order valence-corrected chi connectivity index (χ0v) is 13.8. The van der Waals surface area contributed by atoms with Crippen LogP contribution in [0.15, 0.2) is 34.3 Å². The quantitative estimate of drug-likeness (QED) is 0.766. The van der Waals surface area contributed by atoms with Gasteiger partial charge >= 0.3 is 6.03 Å². The third-order valence-electron chi connectivity index (χ3n) is 4.37. The first-order valence-corrected chi connectivity index (χ1v) is 8.87. The van der Waals surface area contributed by atoms with Gasteiger partial charge in [0, 0.05) is 39.4 Å². The molecule has 0 bridgehead atoms. The minimum Gasteiger partial charge on any atom is -0.363 e. The molecule has 2 aromatic heterocycles. The van der Waals surface area contributed by atoms with Crippen molar-refractivity contribution in [2.45, 2.75) is 10.9 Å². The Bertz CT molecular complexity index is 855. The van der Waals surface area contributed by atoms with Crippen molar-refractivity contribution in [2.24, 2.45) is 0 Å². The van der Waals surface area contributed by atoms with E-state index in [1.54, 1.807) is 33.9 Å². The Morgan fingerprint density at radius 3 is 2.67 bits per heavy atom. The first-order valence-electron chi connectivity index (χ1n) is 7.43. The van der Waals surface area contributed by atoms with Gasteiger partial charge in [-0.2, -0.15) is 9.40 Å². The Kier molecular flexibility index (Phi) is 3.35. The number of aromatic nitrogens is 3. The molecule has 0 atom stereocenters. The lowest BCUT2D eigenvalue weighted by atomic mass is 10.2. The number of sulfonamides is 1. The molecule has 0 spiro atoms. The summed E-state index contributed by atoms with van der Waals surface area (Å²) in [5.74, 6) is 0. The van der Waals surface area contributed by atoms with Crippen LogP contribution >= 0.6 is 0 Å². The topological polar surface area (TPSA) is 105 Å². The molecule has 2 aliphatic rings. The van der Waals surface area contributed by atoms with Gasteiger partial charge in [0.15, 0.2) is 0 Å². The van der Waals surface area contributed by atoms with Crippen LogP contribution in [0.1, 0.15) is 6.04 Å². The summed E-state index contributed by atoms with van der Waals surface area (Å²) in [4.78, 5) is 15.4. The Morgan fingerprint density at radius 1 is 1.25 bits per heavy atom. The van der Waals surface area contributed by atoms with Gasteiger partial charge in [-0.05, 0) is 0 Å². The predicted molar refractivity (Wildman–Crippen MR) is 81.9 cm³/mol. The molecule has 24 heavy (non-hydrogen) atoms. The molecule has 2 aromatic rings. The van der Waals surface area contributed by atoms with E-state index < -0.39 is 10.0 Å². The van der Waals surface area contributed by atoms with Crippen LogP contribution in [-0.2, 0) is 10.0 Å². The lowest BCUT2D eigenvalue weighted by molar-refractivity contribution is 0.191. The van der Waals surface area contributed by atoms with E-state index in [-0.39, 0.29) is 17.0 Å². The van der Waals surface area contributed by atoms with Crippen LogP contribution in [0.3, 0.4) is 0 Å². The zero-order chi connectivity index (χ0) is 16.9. The molecule has 0 radical (unpaired) electrons. The number of hydrogen-bond donors (Lipinski definition) is 0. The summed E-state index contributed by atoms with van der Waals surface area (Å²) >= 11 is 0. The smallest absolute Gasteiger partial charge is 0.324 e. The normalized spacial score (nSPS) is 20.0. The average molecular weight is 352 g/mol. The van der Waals surface area contributed by atoms with E-state index >= 15 is 0 Å². The fourth-order valence-electron chi connectivity index (χ4n) is 2.81. The fourth-order valence-corrected chi connectivity index (χ4v) is 4.18. The van der Waals surface area contributed by atoms with Crippen LogP contribution in [0.4, 0.5) is 10.5 Å². The summed E-state index contributed by atoms with van der Waals surface area (Å²) in [6.07, 6.45) is 5.72. The minimum absolute atomic E-state index is 0.0489. The van der Waals surface area contributed by atoms with Crippen molar-refractivity contribution in [1.29, 1.82) is 0 Å². The first kappa shape index (κ1) is 15.1. The molecule has 4 heterocycles. The second kappa shape index (κ2) is 5.31. The van der Waals surface area contributed by atoms with E-state index in [0.29, 0.717) is 26.2 Å². The Labute approximate surface area is 138 Å². The molecule has 2 saturated heterocycles. The number of amides is 2. The number of hydrogen-bond acceptors (Lipinski definition) is 6. The molecule has 10 nitrogen and oxygen atoms in total. The molecule has 4 rings (SSSR count). The van der Waals surface area contributed by atoms with Crippen molar-refractivity contribution in [3.05, 3.63) is 24.9 Å². The van der Waals surface area contributed by atoms with Gasteiger partial charge in [0.1, 0.15) is 11.2 Å². The first-order chi connectivity index (χ1) is 11.5. The summed E-state index contributed by atoms with van der Waals surface area (Å²) in [5, 5.41) is 7.70. The van der Waals surface area contributed by atoms with Gasteiger partial charge < -0.3 is 9.42 Å². The zero-order valence-electron chi connectivity index (χ0n) is 12.9. The van der Waals surface area contributed by atoms with E-state index in [9.17, 15) is 13.2 Å². The summed E-state index contributed by atoms with van der Waals surface area (Å²) in [7, 11) is -1.80. The van der Waals surface area contributed by atoms with Gasteiger partial charge in [0.25, 0.3) is 0 Å². The molecule has 0 unspecified atom stereocenters. The van der Waals surface area contributed by atoms with E-state index in [4.69, 9.17) is 0 Å². The third-order valence-corrected chi connectivity index (χ3v) is 6.14. The van der Waals surface area contributed by atoms with E-state index in [0.717, 1.165) is 12.0 Å². The number of nitrogens with zero attached hydrogens (tertiary/aromatic N) is 6. The van der Waals surface area contributed by atoms with Gasteiger partial charge in [-0.15, -0.1) is 0 Å². The molecule has 0 N–H and O–H groups in total. The number of anilines is 1. The van der Waals surface area contributed by atoms with Gasteiger partial charge in [-0.3, -0.25) is 9.58 Å². The van der Waals surface area contributed by atoms with E-state index in [1.165, 1.54) is 10.5 Å². The standard InChI is InChI=1S/C13H16N6O4S/c1-16-2-3-18(13(16)20)10-4-14-19(8-10)11-6-17(7-11)24(21,22)12-5-15-23-9-12/h4-5,8-9,11H,2-3,6-7H2,1H3. The van der Waals surface area contributed by atoms with Crippen LogP contribution in [0, 0.1) is 0 Å². The van der Waals surface area contributed by atoms with Gasteiger partial charge in [0.05, 0.1) is 24.1 Å². The molecule has 0 saturated carbocycles. The van der Waals surface area contributed by atoms with E-state index in [1.807, 2.05) is 0 Å². The largest absolute Gasteiger partial charge is 0.363 e. The summed E-state index contributed by atoms with van der Waals surface area (Å²) in [6, 6.07) is -0.108. The average Bonchev–Trinajstić information content (AvgIpc) is 3.20. The molecule has 2 amide bonds.